The van der Waals surface area contributed by atoms with Crippen molar-refractivity contribution in [1.29, 1.82) is 0 Å². The number of hydrogen-bond acceptors (Lipinski definition) is 3. The molecule has 0 saturated carbocycles. The predicted octanol–water partition coefficient (Wildman–Crippen LogP) is 2.72. The number of carboxylic acids is 1. The zero-order valence-corrected chi connectivity index (χ0v) is 11.9. The number of pyridine rings is 1. The van der Waals surface area contributed by atoms with Crippen molar-refractivity contribution in [3.63, 3.8) is 0 Å². The van der Waals surface area contributed by atoms with E-state index >= 15 is 0 Å². The molecule has 4 nitrogen and oxygen atoms in total. The Balaban J connectivity index is 2.16. The minimum Gasteiger partial charge on any atom is -0.480 e. The summed E-state index contributed by atoms with van der Waals surface area (Å²) in [5, 5.41) is 10.5. The van der Waals surface area contributed by atoms with Crippen molar-refractivity contribution >= 4 is 16.9 Å². The Kier molecular flexibility index (Phi) is 3.61. The normalized spacial score (nSPS) is 13.7. The molecule has 0 aliphatic heterocycles. The van der Waals surface area contributed by atoms with Crippen LogP contribution in [0.25, 0.3) is 10.9 Å². The summed E-state index contributed by atoms with van der Waals surface area (Å²) < 4.78 is 0. The van der Waals surface area contributed by atoms with E-state index in [0.717, 1.165) is 16.5 Å². The van der Waals surface area contributed by atoms with Crippen LogP contribution in [0.2, 0.25) is 0 Å². The molecule has 3 rings (SSSR count). The summed E-state index contributed by atoms with van der Waals surface area (Å²) in [6.45, 7) is 0. The first-order chi connectivity index (χ1) is 10.6. The molecule has 1 aromatic heterocycles. The number of rotatable bonds is 4. The Bertz CT molecular complexity index is 812. The summed E-state index contributed by atoms with van der Waals surface area (Å²) in [4.78, 5) is 16.2. The molecule has 1 atom stereocenters. The maximum Gasteiger partial charge on any atom is 0.328 e. The Labute approximate surface area is 128 Å². The van der Waals surface area contributed by atoms with Gasteiger partial charge in [0.1, 0.15) is 5.54 Å². The third-order valence-corrected chi connectivity index (χ3v) is 3.83. The third-order valence-electron chi connectivity index (χ3n) is 3.83. The molecule has 22 heavy (non-hydrogen) atoms. The van der Waals surface area contributed by atoms with E-state index in [2.05, 4.69) is 4.98 Å². The first-order valence-electron chi connectivity index (χ1n) is 7.02. The first-order valence-corrected chi connectivity index (χ1v) is 7.02. The number of benzene rings is 2. The van der Waals surface area contributed by atoms with Crippen LogP contribution >= 0.6 is 0 Å². The molecule has 3 aromatic rings. The molecule has 0 fully saturated rings. The average molecular weight is 292 g/mol. The van der Waals surface area contributed by atoms with E-state index in [9.17, 15) is 9.90 Å². The van der Waals surface area contributed by atoms with Crippen LogP contribution in [0, 0.1) is 0 Å². The van der Waals surface area contributed by atoms with Gasteiger partial charge in [0, 0.05) is 18.0 Å². The fourth-order valence-corrected chi connectivity index (χ4v) is 2.70. The van der Waals surface area contributed by atoms with E-state index in [4.69, 9.17) is 5.73 Å². The molecule has 3 N–H and O–H groups in total. The van der Waals surface area contributed by atoms with Gasteiger partial charge in [-0.2, -0.15) is 0 Å². The highest BCUT2D eigenvalue weighted by Crippen LogP contribution is 2.29. The molecule has 0 radical (unpaired) electrons. The van der Waals surface area contributed by atoms with Crippen molar-refractivity contribution in [2.75, 3.05) is 0 Å². The molecule has 2 aromatic carbocycles. The van der Waals surface area contributed by atoms with Crippen LogP contribution in [-0.2, 0) is 16.8 Å². The molecule has 110 valence electrons. The fourth-order valence-electron chi connectivity index (χ4n) is 2.70. The lowest BCUT2D eigenvalue weighted by Crippen LogP contribution is -2.47. The molecule has 0 saturated heterocycles. The van der Waals surface area contributed by atoms with Gasteiger partial charge in [-0.3, -0.25) is 4.98 Å². The molecule has 0 bridgehead atoms. The smallest absolute Gasteiger partial charge is 0.328 e. The lowest BCUT2D eigenvalue weighted by atomic mass is 9.83. The minimum atomic E-state index is -1.50. The van der Waals surface area contributed by atoms with Crippen LogP contribution in [0.1, 0.15) is 11.1 Å². The van der Waals surface area contributed by atoms with Gasteiger partial charge < -0.3 is 10.8 Å². The molecule has 0 aliphatic carbocycles. The molecule has 1 unspecified atom stereocenters. The molecular formula is C18H16N2O2. The van der Waals surface area contributed by atoms with Gasteiger partial charge in [-0.05, 0) is 23.3 Å². The molecule has 0 spiro atoms. The lowest BCUT2D eigenvalue weighted by molar-refractivity contribution is -0.143. The van der Waals surface area contributed by atoms with Crippen molar-refractivity contribution in [3.05, 3.63) is 78.0 Å². The van der Waals surface area contributed by atoms with Crippen molar-refractivity contribution in [2.45, 2.75) is 12.0 Å². The summed E-state index contributed by atoms with van der Waals surface area (Å²) in [5.74, 6) is -1.05. The summed E-state index contributed by atoms with van der Waals surface area (Å²) in [5.41, 5.74) is 7.04. The van der Waals surface area contributed by atoms with Crippen LogP contribution < -0.4 is 5.73 Å². The van der Waals surface area contributed by atoms with Gasteiger partial charge in [-0.15, -0.1) is 0 Å². The highest BCUT2D eigenvalue weighted by atomic mass is 16.4. The summed E-state index contributed by atoms with van der Waals surface area (Å²) in [6.07, 6.45) is 1.90. The van der Waals surface area contributed by atoms with Crippen LogP contribution in [-0.4, -0.2) is 16.1 Å². The number of fused-ring (bicyclic) bond motifs is 1. The van der Waals surface area contributed by atoms with Crippen LogP contribution in [0.5, 0.6) is 0 Å². The molecule has 0 amide bonds. The zero-order valence-electron chi connectivity index (χ0n) is 11.9. The van der Waals surface area contributed by atoms with E-state index in [1.165, 1.54) is 0 Å². The van der Waals surface area contributed by atoms with Gasteiger partial charge in [-0.25, -0.2) is 4.79 Å². The maximum absolute atomic E-state index is 11.9. The highest BCUT2D eigenvalue weighted by Gasteiger charge is 2.37. The van der Waals surface area contributed by atoms with Gasteiger partial charge in [0.25, 0.3) is 0 Å². The largest absolute Gasteiger partial charge is 0.480 e. The van der Waals surface area contributed by atoms with Crippen LogP contribution in [0.3, 0.4) is 0 Å². The minimum absolute atomic E-state index is 0.219. The topological polar surface area (TPSA) is 76.2 Å². The van der Waals surface area contributed by atoms with Gasteiger partial charge >= 0.3 is 5.97 Å². The number of carbonyl (C=O) groups is 1. The van der Waals surface area contributed by atoms with E-state index in [1.54, 1.807) is 24.4 Å². The Morgan fingerprint density at radius 2 is 1.82 bits per heavy atom. The quantitative estimate of drug-likeness (QED) is 0.775. The predicted molar refractivity (Wildman–Crippen MR) is 85.4 cm³/mol. The van der Waals surface area contributed by atoms with E-state index in [0.29, 0.717) is 5.56 Å². The van der Waals surface area contributed by atoms with Gasteiger partial charge in [0.15, 0.2) is 0 Å². The van der Waals surface area contributed by atoms with Crippen molar-refractivity contribution in [2.24, 2.45) is 5.73 Å². The Morgan fingerprint density at radius 1 is 1.05 bits per heavy atom. The van der Waals surface area contributed by atoms with E-state index < -0.39 is 11.5 Å². The third kappa shape index (κ3) is 2.44. The van der Waals surface area contributed by atoms with Gasteiger partial charge in [0.2, 0.25) is 0 Å². The first kappa shape index (κ1) is 14.2. The SMILES string of the molecule is NC(Cc1ccccc1)(C(=O)O)c1cccc2ncccc12. The number of hydrogen-bond donors (Lipinski definition) is 2. The molecular weight excluding hydrogens is 276 g/mol. The summed E-state index contributed by atoms with van der Waals surface area (Å²) >= 11 is 0. The van der Waals surface area contributed by atoms with Gasteiger partial charge in [0.05, 0.1) is 5.52 Å². The number of nitrogens with two attached hydrogens (primary N) is 1. The standard InChI is InChI=1S/C18H16N2O2/c19-18(17(21)22,12-13-6-2-1-3-7-13)15-9-4-10-16-14(15)8-5-11-20-16/h1-11H,12,19H2,(H,21,22). The number of aliphatic carboxylic acids is 1. The second-order valence-electron chi connectivity index (χ2n) is 5.31. The van der Waals surface area contributed by atoms with Crippen molar-refractivity contribution < 1.29 is 9.90 Å². The number of aromatic nitrogens is 1. The van der Waals surface area contributed by atoms with Crippen LogP contribution in [0.15, 0.2) is 66.9 Å². The monoisotopic (exact) mass is 292 g/mol. The second-order valence-corrected chi connectivity index (χ2v) is 5.31. The maximum atomic E-state index is 11.9. The summed E-state index contributed by atoms with van der Waals surface area (Å²) in [6, 6.07) is 18.5. The lowest BCUT2D eigenvalue weighted by Gasteiger charge is -2.26. The van der Waals surface area contributed by atoms with E-state index in [1.807, 2.05) is 42.5 Å². The number of carboxylic acid groups (broad SMARTS) is 1. The van der Waals surface area contributed by atoms with Crippen molar-refractivity contribution in [3.8, 4) is 0 Å². The van der Waals surface area contributed by atoms with E-state index in [-0.39, 0.29) is 6.42 Å². The molecule has 4 heteroatoms. The Hall–Kier alpha value is -2.72. The second kappa shape index (κ2) is 5.58. The highest BCUT2D eigenvalue weighted by molar-refractivity contribution is 5.91. The van der Waals surface area contributed by atoms with Crippen LogP contribution in [0.4, 0.5) is 0 Å². The summed E-state index contributed by atoms with van der Waals surface area (Å²) in [7, 11) is 0. The average Bonchev–Trinajstić information content (AvgIpc) is 2.55. The fraction of sp³-hybridized carbons (Fsp3) is 0.111. The van der Waals surface area contributed by atoms with Crippen molar-refractivity contribution in [1.82, 2.24) is 4.98 Å². The van der Waals surface area contributed by atoms with Gasteiger partial charge in [-0.1, -0.05) is 48.5 Å². The molecule has 1 heterocycles. The zero-order chi connectivity index (χ0) is 15.6. The molecule has 0 aliphatic rings. The number of nitrogens with zero attached hydrogens (tertiary/aromatic N) is 1. The Morgan fingerprint density at radius 3 is 2.55 bits per heavy atom.